The summed E-state index contributed by atoms with van der Waals surface area (Å²) in [4.78, 5) is 25.3. The Kier molecular flexibility index (Phi) is 4.19. The molecule has 0 aromatic rings. The van der Waals surface area contributed by atoms with E-state index in [1.54, 1.807) is 4.90 Å². The van der Waals surface area contributed by atoms with Gasteiger partial charge in [-0.25, -0.2) is 0 Å². The van der Waals surface area contributed by atoms with Crippen LogP contribution in [0.25, 0.3) is 0 Å². The fraction of sp³-hybridized carbons (Fsp3) is 0.833. The summed E-state index contributed by atoms with van der Waals surface area (Å²) >= 11 is 0. The van der Waals surface area contributed by atoms with Gasteiger partial charge in [0.2, 0.25) is 5.91 Å². The van der Waals surface area contributed by atoms with E-state index in [4.69, 9.17) is 16.2 Å². The van der Waals surface area contributed by atoms with Gasteiger partial charge in [0.25, 0.3) is 5.91 Å². The molecule has 2 aliphatic rings. The highest BCUT2D eigenvalue weighted by atomic mass is 16.5. The molecule has 0 radical (unpaired) electrons. The van der Waals surface area contributed by atoms with Gasteiger partial charge in [-0.1, -0.05) is 0 Å². The molecule has 0 spiro atoms. The van der Waals surface area contributed by atoms with E-state index in [0.717, 1.165) is 19.3 Å². The number of ether oxygens (including phenoxy) is 1. The van der Waals surface area contributed by atoms with Crippen molar-refractivity contribution in [1.29, 1.82) is 0 Å². The van der Waals surface area contributed by atoms with Crippen molar-refractivity contribution in [1.82, 2.24) is 4.90 Å². The Bertz CT molecular complexity index is 335. The minimum absolute atomic E-state index is 0.0317. The van der Waals surface area contributed by atoms with Crippen LogP contribution in [0.4, 0.5) is 0 Å². The molecule has 6 heteroatoms. The van der Waals surface area contributed by atoms with Crippen molar-refractivity contribution in [3.05, 3.63) is 0 Å². The van der Waals surface area contributed by atoms with E-state index in [0.29, 0.717) is 25.9 Å². The zero-order chi connectivity index (χ0) is 13.1. The quantitative estimate of drug-likeness (QED) is 0.700. The van der Waals surface area contributed by atoms with Gasteiger partial charge < -0.3 is 21.1 Å². The number of carbonyl (C=O) groups excluding carboxylic acids is 2. The van der Waals surface area contributed by atoms with Crippen molar-refractivity contribution in [3.8, 4) is 0 Å². The van der Waals surface area contributed by atoms with Crippen LogP contribution < -0.4 is 11.5 Å². The van der Waals surface area contributed by atoms with Crippen LogP contribution in [-0.2, 0) is 14.3 Å². The number of piperidine rings is 1. The third-order valence-electron chi connectivity index (χ3n) is 3.76. The molecule has 0 aliphatic carbocycles. The van der Waals surface area contributed by atoms with Crippen molar-refractivity contribution in [2.24, 2.45) is 11.5 Å². The first-order valence-corrected chi connectivity index (χ1v) is 6.58. The molecule has 6 nitrogen and oxygen atoms in total. The highest BCUT2D eigenvalue weighted by Crippen LogP contribution is 2.24. The average molecular weight is 255 g/mol. The van der Waals surface area contributed by atoms with Gasteiger partial charge in [-0.3, -0.25) is 9.59 Å². The Morgan fingerprint density at radius 2 is 2.00 bits per heavy atom. The molecule has 3 atom stereocenters. The predicted molar refractivity (Wildman–Crippen MR) is 65.5 cm³/mol. The lowest BCUT2D eigenvalue weighted by atomic mass is 10.0. The molecule has 2 rings (SSSR count). The topological polar surface area (TPSA) is 98.7 Å². The van der Waals surface area contributed by atoms with Crippen LogP contribution in [0.3, 0.4) is 0 Å². The average Bonchev–Trinajstić information content (AvgIpc) is 2.86. The molecule has 2 saturated heterocycles. The van der Waals surface area contributed by atoms with Crippen LogP contribution in [0.5, 0.6) is 0 Å². The molecule has 0 aromatic carbocycles. The zero-order valence-electron chi connectivity index (χ0n) is 10.5. The van der Waals surface area contributed by atoms with Gasteiger partial charge in [-0.05, 0) is 32.1 Å². The number of nitrogens with two attached hydrogens (primary N) is 2. The summed E-state index contributed by atoms with van der Waals surface area (Å²) in [6, 6.07) is -0.466. The van der Waals surface area contributed by atoms with Crippen LogP contribution in [0, 0.1) is 0 Å². The first-order valence-electron chi connectivity index (χ1n) is 6.58. The monoisotopic (exact) mass is 255 g/mol. The summed E-state index contributed by atoms with van der Waals surface area (Å²) in [7, 11) is 0. The second-order valence-corrected chi connectivity index (χ2v) is 5.01. The van der Waals surface area contributed by atoms with Gasteiger partial charge in [0, 0.05) is 13.1 Å². The normalized spacial score (nSPS) is 32.5. The van der Waals surface area contributed by atoms with E-state index in [1.807, 2.05) is 0 Å². The molecule has 0 bridgehead atoms. The summed E-state index contributed by atoms with van der Waals surface area (Å²) in [5.41, 5.74) is 10.9. The number of hydrogen-bond acceptors (Lipinski definition) is 4. The fourth-order valence-electron chi connectivity index (χ4n) is 2.74. The molecule has 0 saturated carbocycles. The number of primary amides is 1. The van der Waals surface area contributed by atoms with Gasteiger partial charge in [-0.15, -0.1) is 0 Å². The first kappa shape index (κ1) is 13.3. The highest BCUT2D eigenvalue weighted by molar-refractivity contribution is 5.89. The van der Waals surface area contributed by atoms with E-state index >= 15 is 0 Å². The molecule has 102 valence electrons. The minimum atomic E-state index is -0.466. The van der Waals surface area contributed by atoms with Gasteiger partial charge >= 0.3 is 0 Å². The fourth-order valence-corrected chi connectivity index (χ4v) is 2.74. The molecule has 2 fully saturated rings. The van der Waals surface area contributed by atoms with E-state index in [9.17, 15) is 9.59 Å². The summed E-state index contributed by atoms with van der Waals surface area (Å²) in [5, 5.41) is 0. The maximum Gasteiger partial charge on any atom is 0.252 e. The maximum atomic E-state index is 12.3. The van der Waals surface area contributed by atoms with Crippen molar-refractivity contribution < 1.29 is 14.3 Å². The first-order chi connectivity index (χ1) is 8.63. The smallest absolute Gasteiger partial charge is 0.252 e. The van der Waals surface area contributed by atoms with Crippen molar-refractivity contribution >= 4 is 11.8 Å². The Hall–Kier alpha value is -1.14. The summed E-state index contributed by atoms with van der Waals surface area (Å²) in [6.07, 6.45) is 3.53. The molecule has 3 unspecified atom stereocenters. The Labute approximate surface area is 107 Å². The SMILES string of the molecule is NCC1CCC(C(=O)N2CCCCC2C(N)=O)O1. The van der Waals surface area contributed by atoms with Gasteiger partial charge in [-0.2, -0.15) is 0 Å². The second kappa shape index (κ2) is 5.67. The van der Waals surface area contributed by atoms with Crippen molar-refractivity contribution in [2.45, 2.75) is 50.4 Å². The maximum absolute atomic E-state index is 12.3. The predicted octanol–water partition coefficient (Wildman–Crippen LogP) is -0.641. The number of hydrogen-bond donors (Lipinski definition) is 2. The lowest BCUT2D eigenvalue weighted by Gasteiger charge is -2.35. The van der Waals surface area contributed by atoms with Crippen LogP contribution in [0.15, 0.2) is 0 Å². The minimum Gasteiger partial charge on any atom is -0.368 e. The zero-order valence-corrected chi connectivity index (χ0v) is 10.5. The van der Waals surface area contributed by atoms with E-state index in [2.05, 4.69) is 0 Å². The van der Waals surface area contributed by atoms with Crippen LogP contribution in [0.2, 0.25) is 0 Å². The number of likely N-dealkylation sites (tertiary alicyclic amines) is 1. The van der Waals surface area contributed by atoms with E-state index < -0.39 is 18.1 Å². The van der Waals surface area contributed by atoms with Gasteiger partial charge in [0.05, 0.1) is 6.10 Å². The number of nitrogens with zero attached hydrogens (tertiary/aromatic N) is 1. The Morgan fingerprint density at radius 3 is 2.61 bits per heavy atom. The molecular formula is C12H21N3O3. The third kappa shape index (κ3) is 2.64. The molecule has 18 heavy (non-hydrogen) atoms. The molecule has 0 aromatic heterocycles. The largest absolute Gasteiger partial charge is 0.368 e. The molecule has 2 amide bonds. The molecule has 2 aliphatic heterocycles. The number of carbonyl (C=O) groups is 2. The molecular weight excluding hydrogens is 234 g/mol. The third-order valence-corrected chi connectivity index (χ3v) is 3.76. The number of amides is 2. The summed E-state index contributed by atoms with van der Waals surface area (Å²) in [5.74, 6) is -0.522. The highest BCUT2D eigenvalue weighted by Gasteiger charge is 2.38. The Balaban J connectivity index is 2.00. The van der Waals surface area contributed by atoms with Gasteiger partial charge in [0.15, 0.2) is 0 Å². The Morgan fingerprint density at radius 1 is 1.22 bits per heavy atom. The lowest BCUT2D eigenvalue weighted by molar-refractivity contribution is -0.150. The van der Waals surface area contributed by atoms with Crippen LogP contribution >= 0.6 is 0 Å². The van der Waals surface area contributed by atoms with Crippen molar-refractivity contribution in [2.75, 3.05) is 13.1 Å². The standard InChI is InChI=1S/C12H21N3O3/c13-7-8-4-5-10(18-8)12(17)15-6-2-1-3-9(15)11(14)16/h8-10H,1-7,13H2,(H2,14,16). The molecule has 2 heterocycles. The van der Waals surface area contributed by atoms with Crippen LogP contribution in [-0.4, -0.2) is 48.1 Å². The van der Waals surface area contributed by atoms with Crippen LogP contribution in [0.1, 0.15) is 32.1 Å². The lowest BCUT2D eigenvalue weighted by Crippen LogP contribution is -2.53. The second-order valence-electron chi connectivity index (χ2n) is 5.01. The summed E-state index contributed by atoms with van der Waals surface area (Å²) < 4.78 is 5.59. The van der Waals surface area contributed by atoms with Crippen molar-refractivity contribution in [3.63, 3.8) is 0 Å². The molecule has 4 N–H and O–H groups in total. The van der Waals surface area contributed by atoms with Gasteiger partial charge in [0.1, 0.15) is 12.1 Å². The summed E-state index contributed by atoms with van der Waals surface area (Å²) in [6.45, 7) is 1.03. The van der Waals surface area contributed by atoms with E-state index in [1.165, 1.54) is 0 Å². The van der Waals surface area contributed by atoms with E-state index in [-0.39, 0.29) is 12.0 Å². The number of rotatable bonds is 3.